The summed E-state index contributed by atoms with van der Waals surface area (Å²) in [4.78, 5) is 11.9. The summed E-state index contributed by atoms with van der Waals surface area (Å²) in [7, 11) is 0. The van der Waals surface area contributed by atoms with Crippen molar-refractivity contribution in [2.75, 3.05) is 0 Å². The number of benzene rings is 1. The van der Waals surface area contributed by atoms with Crippen LogP contribution in [0, 0.1) is 0 Å². The van der Waals surface area contributed by atoms with Crippen LogP contribution in [0.5, 0.6) is 5.75 Å². The van der Waals surface area contributed by atoms with Crippen LogP contribution < -0.4 is 10.1 Å². The molecule has 0 fully saturated rings. The largest absolute Gasteiger partial charge is 0.454 e. The van der Waals surface area contributed by atoms with Crippen LogP contribution in [-0.2, 0) is 0 Å². The minimum Gasteiger partial charge on any atom is -0.454 e. The second kappa shape index (κ2) is 7.21. The van der Waals surface area contributed by atoms with Crippen LogP contribution in [0.4, 0.5) is 0 Å². The highest BCUT2D eigenvalue weighted by Crippen LogP contribution is 2.25. The Morgan fingerprint density at radius 2 is 1.95 bits per heavy atom. The van der Waals surface area contributed by atoms with Crippen molar-refractivity contribution in [1.82, 2.24) is 5.32 Å². The summed E-state index contributed by atoms with van der Waals surface area (Å²) in [6, 6.07) is 7.13. The standard InChI is InChI=1S/C14H13NO2.C2H6/c1-3-7-13-11(4-2)15-14(16)10-8-5-6-9-12(10)17-13;1-2/h3-9H,2H2,1H3,(H,15,16);1-2H3/b7-3-;. The van der Waals surface area contributed by atoms with Gasteiger partial charge in [-0.05, 0) is 31.2 Å². The third kappa shape index (κ3) is 3.35. The second-order valence-corrected chi connectivity index (χ2v) is 3.53. The molecule has 3 nitrogen and oxygen atoms in total. The molecule has 1 amide bonds. The molecule has 0 aliphatic carbocycles. The first-order valence-corrected chi connectivity index (χ1v) is 6.34. The average molecular weight is 257 g/mol. The van der Waals surface area contributed by atoms with Gasteiger partial charge in [0.2, 0.25) is 0 Å². The van der Waals surface area contributed by atoms with E-state index in [1.807, 2.05) is 32.9 Å². The molecule has 0 bridgehead atoms. The smallest absolute Gasteiger partial charge is 0.259 e. The van der Waals surface area contributed by atoms with Crippen LogP contribution in [0.25, 0.3) is 0 Å². The molecule has 0 saturated heterocycles. The lowest BCUT2D eigenvalue weighted by molar-refractivity contribution is 0.0967. The molecule has 0 spiro atoms. The van der Waals surface area contributed by atoms with Crippen molar-refractivity contribution in [2.24, 2.45) is 0 Å². The molecule has 0 atom stereocenters. The van der Waals surface area contributed by atoms with Gasteiger partial charge in [-0.1, -0.05) is 38.6 Å². The number of allylic oxidation sites excluding steroid dienone is 3. The number of carbonyl (C=O) groups excluding carboxylic acids is 1. The molecular weight excluding hydrogens is 238 g/mol. The first-order valence-electron chi connectivity index (χ1n) is 6.34. The molecule has 0 radical (unpaired) electrons. The third-order valence-corrected chi connectivity index (χ3v) is 2.39. The highest BCUT2D eigenvalue weighted by atomic mass is 16.5. The van der Waals surface area contributed by atoms with Crippen LogP contribution >= 0.6 is 0 Å². The number of carbonyl (C=O) groups is 1. The fourth-order valence-corrected chi connectivity index (χ4v) is 1.59. The van der Waals surface area contributed by atoms with E-state index in [9.17, 15) is 4.79 Å². The fourth-order valence-electron chi connectivity index (χ4n) is 1.59. The lowest BCUT2D eigenvalue weighted by atomic mass is 10.2. The van der Waals surface area contributed by atoms with Gasteiger partial charge in [-0.25, -0.2) is 0 Å². The molecule has 2 rings (SSSR count). The highest BCUT2D eigenvalue weighted by molar-refractivity contribution is 5.98. The SMILES string of the molecule is C=CC1=C(/C=C\C)Oc2ccccc2C(=O)N1.CC. The zero-order valence-electron chi connectivity index (χ0n) is 11.6. The molecule has 1 aliphatic heterocycles. The maximum atomic E-state index is 11.9. The van der Waals surface area contributed by atoms with Gasteiger partial charge in [0.05, 0.1) is 11.3 Å². The Hall–Kier alpha value is -2.29. The van der Waals surface area contributed by atoms with Crippen molar-refractivity contribution >= 4 is 5.91 Å². The van der Waals surface area contributed by atoms with Gasteiger partial charge < -0.3 is 10.1 Å². The maximum Gasteiger partial charge on any atom is 0.259 e. The highest BCUT2D eigenvalue weighted by Gasteiger charge is 2.19. The van der Waals surface area contributed by atoms with E-state index in [1.165, 1.54) is 0 Å². The minimum absolute atomic E-state index is 0.185. The molecule has 0 aromatic heterocycles. The van der Waals surface area contributed by atoms with Gasteiger partial charge >= 0.3 is 0 Å². The topological polar surface area (TPSA) is 38.3 Å². The first kappa shape index (κ1) is 14.8. The van der Waals surface area contributed by atoms with E-state index in [0.717, 1.165) is 0 Å². The van der Waals surface area contributed by atoms with Gasteiger partial charge in [0.15, 0.2) is 5.76 Å². The molecule has 1 N–H and O–H groups in total. The third-order valence-electron chi connectivity index (χ3n) is 2.39. The van der Waals surface area contributed by atoms with Crippen molar-refractivity contribution in [3.8, 4) is 5.75 Å². The minimum atomic E-state index is -0.185. The molecule has 100 valence electrons. The molecule has 1 heterocycles. The normalized spacial score (nSPS) is 13.7. The molecule has 0 unspecified atom stereocenters. The summed E-state index contributed by atoms with van der Waals surface area (Å²) in [5.41, 5.74) is 1.09. The summed E-state index contributed by atoms with van der Waals surface area (Å²) in [6.45, 7) is 9.55. The van der Waals surface area contributed by atoms with Crippen molar-refractivity contribution in [3.05, 3.63) is 66.1 Å². The summed E-state index contributed by atoms with van der Waals surface area (Å²) in [6.07, 6.45) is 5.21. The van der Waals surface area contributed by atoms with Crippen molar-refractivity contribution in [2.45, 2.75) is 20.8 Å². The van der Waals surface area contributed by atoms with E-state index in [4.69, 9.17) is 4.74 Å². The van der Waals surface area contributed by atoms with E-state index in [1.54, 1.807) is 30.4 Å². The Morgan fingerprint density at radius 3 is 2.58 bits per heavy atom. The number of fused-ring (bicyclic) bond motifs is 1. The summed E-state index contributed by atoms with van der Waals surface area (Å²) < 4.78 is 5.71. The van der Waals surface area contributed by atoms with Gasteiger partial charge in [-0.3, -0.25) is 4.79 Å². The van der Waals surface area contributed by atoms with Gasteiger partial charge in [-0.15, -0.1) is 0 Å². The number of nitrogens with one attached hydrogen (secondary N) is 1. The van der Waals surface area contributed by atoms with Crippen LogP contribution in [0.2, 0.25) is 0 Å². The van der Waals surface area contributed by atoms with Gasteiger partial charge in [0.1, 0.15) is 5.75 Å². The van der Waals surface area contributed by atoms with Gasteiger partial charge in [0.25, 0.3) is 5.91 Å². The van der Waals surface area contributed by atoms with Crippen LogP contribution in [0.15, 0.2) is 60.5 Å². The molecule has 1 aromatic rings. The van der Waals surface area contributed by atoms with Crippen molar-refractivity contribution in [1.29, 1.82) is 0 Å². The number of para-hydroxylation sites is 1. The van der Waals surface area contributed by atoms with Gasteiger partial charge in [0, 0.05) is 0 Å². The summed E-state index contributed by atoms with van der Waals surface area (Å²) in [5, 5.41) is 2.77. The number of hydrogen-bond donors (Lipinski definition) is 1. The monoisotopic (exact) mass is 257 g/mol. The van der Waals surface area contributed by atoms with E-state index in [-0.39, 0.29) is 5.91 Å². The summed E-state index contributed by atoms with van der Waals surface area (Å²) in [5.74, 6) is 0.950. The molecule has 1 aliphatic rings. The fraction of sp³-hybridized carbons (Fsp3) is 0.188. The quantitative estimate of drug-likeness (QED) is 0.875. The Bertz CT molecular complexity index is 527. The van der Waals surface area contributed by atoms with E-state index in [0.29, 0.717) is 22.8 Å². The Morgan fingerprint density at radius 1 is 1.26 bits per heavy atom. The van der Waals surface area contributed by atoms with Gasteiger partial charge in [-0.2, -0.15) is 0 Å². The van der Waals surface area contributed by atoms with E-state index < -0.39 is 0 Å². The van der Waals surface area contributed by atoms with Crippen LogP contribution in [0.3, 0.4) is 0 Å². The number of amides is 1. The lowest BCUT2D eigenvalue weighted by Crippen LogP contribution is -2.21. The Labute approximate surface area is 114 Å². The van der Waals surface area contributed by atoms with Crippen LogP contribution in [0.1, 0.15) is 31.1 Å². The van der Waals surface area contributed by atoms with Crippen LogP contribution in [-0.4, -0.2) is 5.91 Å². The van der Waals surface area contributed by atoms with E-state index >= 15 is 0 Å². The molecule has 3 heteroatoms. The zero-order valence-corrected chi connectivity index (χ0v) is 11.6. The van der Waals surface area contributed by atoms with E-state index in [2.05, 4.69) is 11.9 Å². The Balaban J connectivity index is 0.000000861. The molecular formula is C16H19NO2. The molecule has 19 heavy (non-hydrogen) atoms. The average Bonchev–Trinajstić information content (AvgIpc) is 2.59. The predicted octanol–water partition coefficient (Wildman–Crippen LogP) is 3.81. The number of rotatable bonds is 2. The molecule has 1 aromatic carbocycles. The number of hydrogen-bond acceptors (Lipinski definition) is 2. The Kier molecular flexibility index (Phi) is 5.61. The zero-order chi connectivity index (χ0) is 14.3. The second-order valence-electron chi connectivity index (χ2n) is 3.53. The van der Waals surface area contributed by atoms with Crippen molar-refractivity contribution < 1.29 is 9.53 Å². The first-order chi connectivity index (χ1) is 9.26. The van der Waals surface area contributed by atoms with Crippen molar-refractivity contribution in [3.63, 3.8) is 0 Å². The molecule has 0 saturated carbocycles. The lowest BCUT2D eigenvalue weighted by Gasteiger charge is -2.06. The summed E-state index contributed by atoms with van der Waals surface area (Å²) >= 11 is 0. The number of ether oxygens (including phenoxy) is 1. The predicted molar refractivity (Wildman–Crippen MR) is 77.9 cm³/mol. The maximum absolute atomic E-state index is 11.9.